The van der Waals surface area contributed by atoms with Crippen LogP contribution in [0.2, 0.25) is 0 Å². The summed E-state index contributed by atoms with van der Waals surface area (Å²) in [6.45, 7) is 3.98. The van der Waals surface area contributed by atoms with Crippen LogP contribution in [0.25, 0.3) is 0 Å². The fraction of sp³-hybridized carbons (Fsp3) is 0.297. The van der Waals surface area contributed by atoms with Crippen molar-refractivity contribution < 1.29 is 27.5 Å². The highest BCUT2D eigenvalue weighted by atomic mass is 32.2. The standard InChI is InChI=1S/C37H43N3O6S/c1-5-6-23-38-37(42)34(25-29-14-8-7-9-15-29)39(26-30-16-12-13-28(2)24-30)36(41)27-40(33-17-10-11-18-35(33)46-4)47(43,44)32-21-19-31(45-3)20-22-32/h7-22,24,34H,5-6,23,25-27H2,1-4H3,(H,38,42). The summed E-state index contributed by atoms with van der Waals surface area (Å²) in [5.41, 5.74) is 2.89. The number of methoxy groups -OCH3 is 2. The Bertz CT molecular complexity index is 1730. The Kier molecular flexibility index (Phi) is 12.4. The number of amides is 2. The maximum Gasteiger partial charge on any atom is 0.264 e. The summed E-state index contributed by atoms with van der Waals surface area (Å²) in [6.07, 6.45) is 1.93. The molecule has 0 heterocycles. The average Bonchev–Trinajstić information content (AvgIpc) is 3.09. The highest BCUT2D eigenvalue weighted by Gasteiger charge is 2.35. The first-order valence-corrected chi connectivity index (χ1v) is 17.1. The van der Waals surface area contributed by atoms with Crippen LogP contribution in [0.1, 0.15) is 36.5 Å². The van der Waals surface area contributed by atoms with Gasteiger partial charge in [-0.05, 0) is 60.9 Å². The molecule has 0 saturated carbocycles. The second kappa shape index (κ2) is 16.6. The van der Waals surface area contributed by atoms with Crippen molar-refractivity contribution >= 4 is 27.5 Å². The van der Waals surface area contributed by atoms with Crippen LogP contribution in [0.15, 0.2) is 108 Å². The van der Waals surface area contributed by atoms with Gasteiger partial charge in [0.05, 0.1) is 24.8 Å². The summed E-state index contributed by atoms with van der Waals surface area (Å²) >= 11 is 0. The van der Waals surface area contributed by atoms with Crippen LogP contribution in [0.5, 0.6) is 11.5 Å². The van der Waals surface area contributed by atoms with Crippen molar-refractivity contribution in [1.82, 2.24) is 10.2 Å². The van der Waals surface area contributed by atoms with Crippen molar-refractivity contribution in [2.45, 2.75) is 50.6 Å². The minimum absolute atomic E-state index is 0.0274. The first-order chi connectivity index (χ1) is 22.7. The molecule has 1 N–H and O–H groups in total. The SMILES string of the molecule is CCCCNC(=O)C(Cc1ccccc1)N(Cc1cccc(C)c1)C(=O)CN(c1ccccc1OC)S(=O)(=O)c1ccc(OC)cc1. The number of aryl methyl sites for hydroxylation is 1. The first kappa shape index (κ1) is 35.0. The van der Waals surface area contributed by atoms with E-state index in [0.717, 1.165) is 33.8 Å². The lowest BCUT2D eigenvalue weighted by molar-refractivity contribution is -0.140. The predicted molar refractivity (Wildman–Crippen MR) is 184 cm³/mol. The predicted octanol–water partition coefficient (Wildman–Crippen LogP) is 5.76. The van der Waals surface area contributed by atoms with Gasteiger partial charge >= 0.3 is 0 Å². The number of carbonyl (C=O) groups is 2. The number of para-hydroxylation sites is 2. The van der Waals surface area contributed by atoms with Crippen molar-refractivity contribution in [2.75, 3.05) is 31.6 Å². The van der Waals surface area contributed by atoms with Crippen LogP contribution >= 0.6 is 0 Å². The monoisotopic (exact) mass is 657 g/mol. The summed E-state index contributed by atoms with van der Waals surface area (Å²) in [5.74, 6) is -0.0713. The van der Waals surface area contributed by atoms with E-state index in [9.17, 15) is 18.0 Å². The molecule has 0 aliphatic rings. The third kappa shape index (κ3) is 9.13. The lowest BCUT2D eigenvalue weighted by Crippen LogP contribution is -2.53. The molecule has 47 heavy (non-hydrogen) atoms. The Morgan fingerprint density at radius 2 is 1.51 bits per heavy atom. The lowest BCUT2D eigenvalue weighted by Gasteiger charge is -2.34. The number of rotatable bonds is 16. The average molecular weight is 658 g/mol. The number of nitrogens with zero attached hydrogens (tertiary/aromatic N) is 2. The Balaban J connectivity index is 1.82. The summed E-state index contributed by atoms with van der Waals surface area (Å²) in [5, 5.41) is 3.01. The van der Waals surface area contributed by atoms with Crippen molar-refractivity contribution in [3.8, 4) is 11.5 Å². The molecule has 0 spiro atoms. The number of hydrogen-bond donors (Lipinski definition) is 1. The topological polar surface area (TPSA) is 105 Å². The number of anilines is 1. The van der Waals surface area contributed by atoms with Crippen molar-refractivity contribution in [3.63, 3.8) is 0 Å². The van der Waals surface area contributed by atoms with Gasteiger partial charge in [-0.3, -0.25) is 13.9 Å². The second-order valence-corrected chi connectivity index (χ2v) is 13.1. The number of carbonyl (C=O) groups excluding carboxylic acids is 2. The third-order valence-corrected chi connectivity index (χ3v) is 9.59. The third-order valence-electron chi connectivity index (χ3n) is 7.82. The number of benzene rings is 4. The van der Waals surface area contributed by atoms with E-state index in [4.69, 9.17) is 9.47 Å². The molecule has 10 heteroatoms. The first-order valence-electron chi connectivity index (χ1n) is 15.6. The quantitative estimate of drug-likeness (QED) is 0.154. The van der Waals surface area contributed by atoms with Gasteiger partial charge in [0.2, 0.25) is 11.8 Å². The number of hydrogen-bond acceptors (Lipinski definition) is 6. The molecule has 0 fully saturated rings. The summed E-state index contributed by atoms with van der Waals surface area (Å²) in [4.78, 5) is 30.0. The van der Waals surface area contributed by atoms with Gasteiger partial charge in [-0.2, -0.15) is 0 Å². The molecule has 4 aromatic rings. The number of sulfonamides is 1. The zero-order valence-electron chi connectivity index (χ0n) is 27.4. The fourth-order valence-corrected chi connectivity index (χ4v) is 6.72. The minimum atomic E-state index is -4.29. The van der Waals surface area contributed by atoms with Crippen molar-refractivity contribution in [1.29, 1.82) is 0 Å². The number of nitrogens with one attached hydrogen (secondary N) is 1. The van der Waals surface area contributed by atoms with E-state index >= 15 is 0 Å². The van der Waals surface area contributed by atoms with Crippen molar-refractivity contribution in [2.24, 2.45) is 0 Å². The van der Waals surface area contributed by atoms with E-state index in [0.29, 0.717) is 12.3 Å². The van der Waals surface area contributed by atoms with Crippen LogP contribution < -0.4 is 19.1 Å². The molecular formula is C37H43N3O6S. The molecule has 0 radical (unpaired) electrons. The smallest absolute Gasteiger partial charge is 0.264 e. The molecule has 4 aromatic carbocycles. The van der Waals surface area contributed by atoms with E-state index in [1.54, 1.807) is 36.4 Å². The molecule has 0 aromatic heterocycles. The van der Waals surface area contributed by atoms with Gasteiger partial charge in [0, 0.05) is 19.5 Å². The zero-order valence-corrected chi connectivity index (χ0v) is 28.2. The number of unbranched alkanes of at least 4 members (excludes halogenated alkanes) is 1. The van der Waals surface area contributed by atoms with Gasteiger partial charge in [0.1, 0.15) is 24.1 Å². The molecule has 0 saturated heterocycles. The van der Waals surface area contributed by atoms with E-state index in [1.165, 1.54) is 31.3 Å². The minimum Gasteiger partial charge on any atom is -0.497 e. The molecule has 2 amide bonds. The Hall–Kier alpha value is -4.83. The van der Waals surface area contributed by atoms with Gasteiger partial charge in [-0.25, -0.2) is 8.42 Å². The fourth-order valence-electron chi connectivity index (χ4n) is 5.29. The molecule has 0 aliphatic heterocycles. The summed E-state index contributed by atoms with van der Waals surface area (Å²) in [6, 6.07) is 28.9. The summed E-state index contributed by atoms with van der Waals surface area (Å²) < 4.78 is 40.4. The van der Waals surface area contributed by atoms with Crippen molar-refractivity contribution in [3.05, 3.63) is 120 Å². The van der Waals surface area contributed by atoms with Crippen LogP contribution in [-0.4, -0.2) is 58.5 Å². The lowest BCUT2D eigenvalue weighted by atomic mass is 10.0. The van der Waals surface area contributed by atoms with Crippen LogP contribution in [0, 0.1) is 6.92 Å². The molecule has 1 atom stereocenters. The summed E-state index contributed by atoms with van der Waals surface area (Å²) in [7, 11) is -1.35. The highest BCUT2D eigenvalue weighted by Crippen LogP contribution is 2.33. The number of ether oxygens (including phenoxy) is 2. The molecule has 248 valence electrons. The van der Waals surface area contributed by atoms with Crippen LogP contribution in [0.4, 0.5) is 5.69 Å². The van der Waals surface area contributed by atoms with Gasteiger partial charge < -0.3 is 19.7 Å². The van der Waals surface area contributed by atoms with E-state index in [-0.39, 0.29) is 35.2 Å². The molecule has 0 bridgehead atoms. The normalized spacial score (nSPS) is 11.7. The van der Waals surface area contributed by atoms with Gasteiger partial charge in [0.15, 0.2) is 0 Å². The van der Waals surface area contributed by atoms with Gasteiger partial charge in [0.25, 0.3) is 10.0 Å². The zero-order chi connectivity index (χ0) is 33.8. The maximum absolute atomic E-state index is 14.6. The molecule has 1 unspecified atom stereocenters. The van der Waals surface area contributed by atoms with E-state index in [1.807, 2.05) is 68.4 Å². The Labute approximate surface area is 278 Å². The Morgan fingerprint density at radius 3 is 2.17 bits per heavy atom. The maximum atomic E-state index is 14.6. The molecule has 0 aliphatic carbocycles. The molecule has 9 nitrogen and oxygen atoms in total. The van der Waals surface area contributed by atoms with E-state index in [2.05, 4.69) is 5.32 Å². The largest absolute Gasteiger partial charge is 0.497 e. The van der Waals surface area contributed by atoms with Gasteiger partial charge in [-0.1, -0.05) is 85.6 Å². The Morgan fingerprint density at radius 1 is 0.830 bits per heavy atom. The van der Waals surface area contributed by atoms with Gasteiger partial charge in [-0.15, -0.1) is 0 Å². The second-order valence-electron chi connectivity index (χ2n) is 11.2. The van der Waals surface area contributed by atoms with Crippen LogP contribution in [-0.2, 0) is 32.6 Å². The highest BCUT2D eigenvalue weighted by molar-refractivity contribution is 7.92. The molecule has 4 rings (SSSR count). The van der Waals surface area contributed by atoms with Crippen LogP contribution in [0.3, 0.4) is 0 Å². The molecular weight excluding hydrogens is 614 g/mol. The van der Waals surface area contributed by atoms with E-state index < -0.39 is 28.5 Å².